The summed E-state index contributed by atoms with van der Waals surface area (Å²) in [6, 6.07) is 16.6. The average Bonchev–Trinajstić information content (AvgIpc) is 4.09. The van der Waals surface area contributed by atoms with E-state index < -0.39 is 113 Å². The fraction of sp³-hybridized carbons (Fsp3) is 0.449. The van der Waals surface area contributed by atoms with Crippen molar-refractivity contribution in [2.75, 3.05) is 66.1 Å². The minimum atomic E-state index is -5.11. The van der Waals surface area contributed by atoms with Crippen LogP contribution in [0.1, 0.15) is 48.1 Å². The van der Waals surface area contributed by atoms with Crippen LogP contribution in [0.5, 0.6) is 34.5 Å². The molecule has 1 saturated heterocycles. The Morgan fingerprint density at radius 2 is 1.49 bits per heavy atom. The molecule has 4 aliphatic rings. The van der Waals surface area contributed by atoms with E-state index in [0.29, 0.717) is 5.56 Å². The molecule has 420 valence electrons. The third-order valence-corrected chi connectivity index (χ3v) is 13.4. The van der Waals surface area contributed by atoms with Crippen molar-refractivity contribution in [2.24, 2.45) is 5.11 Å². The lowest BCUT2D eigenvalue weighted by molar-refractivity contribution is -0.277. The molecule has 4 aromatic rings. The Labute approximate surface area is 443 Å². The van der Waals surface area contributed by atoms with Gasteiger partial charge in [-0.05, 0) is 65.2 Å². The quantitative estimate of drug-likeness (QED) is 0.0133. The maximum atomic E-state index is 13.9. The highest BCUT2D eigenvalue weighted by Crippen LogP contribution is 2.51. The predicted octanol–water partition coefficient (Wildman–Crippen LogP) is -0.517. The Bertz CT molecular complexity index is 2900. The number of ether oxygens (including phenoxy) is 9. The van der Waals surface area contributed by atoms with Gasteiger partial charge in [-0.2, -0.15) is 0 Å². The van der Waals surface area contributed by atoms with Crippen molar-refractivity contribution in [3.8, 4) is 34.5 Å². The number of aliphatic hydroxyl groups is 7. The highest BCUT2D eigenvalue weighted by molar-refractivity contribution is 7.82. The molecule has 8 rings (SSSR count). The number of hydrogen-bond acceptors (Lipinski definition) is 24. The second-order valence-corrected chi connectivity index (χ2v) is 18.8. The van der Waals surface area contributed by atoms with Crippen LogP contribution in [0.2, 0.25) is 0 Å². The lowest BCUT2D eigenvalue weighted by Gasteiger charge is -2.48. The van der Waals surface area contributed by atoms with E-state index in [1.165, 1.54) is 48.5 Å². The maximum Gasteiger partial charge on any atom is 0.501 e. The summed E-state index contributed by atoms with van der Waals surface area (Å²) in [6.45, 7) is 0.102. The predicted molar refractivity (Wildman–Crippen MR) is 261 cm³/mol. The lowest BCUT2D eigenvalue weighted by atomic mass is 9.70. The molecule has 0 radical (unpaired) electrons. The minimum Gasteiger partial charge on any atom is -0.484 e. The SMILES string of the molecule is [N-]=[N+]=NCCOCCOCCOCCNC(=O)c1ccc(O[C@@H]2O[C@H](CO)[C@H](O)[C@H](O)[C@H]2O)c(OS(=O)(=O)Oc2ccc(COc3c4c(cc5c3C(=O)N[C@H]3[C@H](O)[C@H](O)[C@@H](O)[C@H](OC(=O)c6ccccc6)[C@H]53)OCO4)cc2)c1. The van der Waals surface area contributed by atoms with Crippen LogP contribution in [-0.4, -0.2) is 189 Å². The fourth-order valence-corrected chi connectivity index (χ4v) is 9.49. The van der Waals surface area contributed by atoms with Gasteiger partial charge in [0.1, 0.15) is 61.2 Å². The van der Waals surface area contributed by atoms with Gasteiger partial charge in [-0.25, -0.2) is 4.79 Å². The van der Waals surface area contributed by atoms with E-state index in [9.17, 15) is 58.5 Å². The molecule has 2 amide bonds. The molecule has 2 fully saturated rings. The fourth-order valence-electron chi connectivity index (χ4n) is 8.76. The zero-order valence-electron chi connectivity index (χ0n) is 41.0. The van der Waals surface area contributed by atoms with Gasteiger partial charge in [0.25, 0.3) is 11.8 Å². The van der Waals surface area contributed by atoms with Crippen molar-refractivity contribution >= 4 is 28.2 Å². The minimum absolute atomic E-state index is 0.00760. The topological polar surface area (TPSA) is 401 Å². The van der Waals surface area contributed by atoms with Crippen LogP contribution in [0.3, 0.4) is 0 Å². The largest absolute Gasteiger partial charge is 0.501 e. The van der Waals surface area contributed by atoms with Gasteiger partial charge in [-0.15, -0.1) is 8.42 Å². The molecule has 9 N–H and O–H groups in total. The normalized spacial score (nSPS) is 25.1. The molecule has 28 nitrogen and oxygen atoms in total. The standard InChI is InChI=1S/C49H55N5O23S/c50-54-52-13-15-68-17-19-69-18-16-67-14-12-51-46(62)27-8-11-30(73-49-42(61)39(58)37(56)33(22-55)74-49)31(20-27)77-78(65,66)76-28-9-6-25(7-10-28)23-70-45-35-29(21-32-43(45)72-24-71-32)34-36(53-47(35)63)38(57)40(59)41(60)44(34)75-48(64)26-4-2-1-3-5-26/h1-11,20-21,33-34,36-42,44,49,55-61H,12-19,22-24H2,(H,51,62)(H,53,63)/t33-,34-,36-,37+,38+,39+,40+,41-,42-,44-,49-/m1/s1. The number of aliphatic hydroxyl groups excluding tert-OH is 7. The van der Waals surface area contributed by atoms with E-state index in [2.05, 4.69) is 20.7 Å². The summed E-state index contributed by atoms with van der Waals surface area (Å²) in [5.74, 6) is -4.84. The number of carbonyl (C=O) groups excluding carboxylic acids is 3. The van der Waals surface area contributed by atoms with E-state index in [-0.39, 0.29) is 111 Å². The van der Waals surface area contributed by atoms with Gasteiger partial charge in [-0.1, -0.05) is 35.4 Å². The summed E-state index contributed by atoms with van der Waals surface area (Å²) >= 11 is 0. The first-order valence-corrected chi connectivity index (χ1v) is 25.5. The first kappa shape index (κ1) is 57.1. The summed E-state index contributed by atoms with van der Waals surface area (Å²) in [5.41, 5.74) is 8.69. The van der Waals surface area contributed by atoms with Crippen molar-refractivity contribution < 1.29 is 110 Å². The molecule has 0 unspecified atom stereocenters. The van der Waals surface area contributed by atoms with Crippen molar-refractivity contribution in [1.82, 2.24) is 10.6 Å². The van der Waals surface area contributed by atoms with Crippen LogP contribution in [0.4, 0.5) is 0 Å². The number of nitrogens with one attached hydrogen (secondary N) is 2. The third kappa shape index (κ3) is 13.4. The Kier molecular flexibility index (Phi) is 19.1. The van der Waals surface area contributed by atoms with E-state index >= 15 is 0 Å². The van der Waals surface area contributed by atoms with Gasteiger partial charge in [-0.3, -0.25) is 9.59 Å². The molecule has 4 aromatic carbocycles. The Balaban J connectivity index is 0.942. The number of benzene rings is 4. The summed E-state index contributed by atoms with van der Waals surface area (Å²) in [5, 5.41) is 82.7. The Morgan fingerprint density at radius 1 is 0.782 bits per heavy atom. The number of esters is 1. The second kappa shape index (κ2) is 26.0. The molecule has 11 atom stereocenters. The molecular formula is C49H55N5O23S. The highest BCUT2D eigenvalue weighted by Gasteiger charge is 2.56. The number of amides is 2. The molecular weight excluding hydrogens is 1060 g/mol. The average molecular weight is 1110 g/mol. The van der Waals surface area contributed by atoms with Crippen LogP contribution in [-0.2, 0) is 40.7 Å². The van der Waals surface area contributed by atoms with Gasteiger partial charge in [0.05, 0.1) is 63.4 Å². The van der Waals surface area contributed by atoms with Crippen molar-refractivity contribution in [3.05, 3.63) is 117 Å². The zero-order chi connectivity index (χ0) is 55.5. The molecule has 0 aromatic heterocycles. The number of rotatable bonds is 25. The molecule has 0 spiro atoms. The van der Waals surface area contributed by atoms with Crippen LogP contribution in [0, 0.1) is 0 Å². The Hall–Kier alpha value is -7.09. The summed E-state index contributed by atoms with van der Waals surface area (Å²) < 4.78 is 88.2. The first-order valence-electron chi connectivity index (χ1n) is 24.2. The monoisotopic (exact) mass is 1110 g/mol. The van der Waals surface area contributed by atoms with Crippen LogP contribution < -0.4 is 37.9 Å². The van der Waals surface area contributed by atoms with Gasteiger partial charge < -0.3 is 97.4 Å². The van der Waals surface area contributed by atoms with E-state index in [4.69, 9.17) is 56.5 Å². The number of fused-ring (bicyclic) bond motifs is 4. The Morgan fingerprint density at radius 3 is 2.21 bits per heavy atom. The number of hydrogen-bond donors (Lipinski definition) is 9. The zero-order valence-corrected chi connectivity index (χ0v) is 41.9. The third-order valence-electron chi connectivity index (χ3n) is 12.6. The van der Waals surface area contributed by atoms with Gasteiger partial charge in [0.15, 0.2) is 23.0 Å². The van der Waals surface area contributed by atoms with Crippen molar-refractivity contribution in [1.29, 1.82) is 0 Å². The van der Waals surface area contributed by atoms with Gasteiger partial charge in [0.2, 0.25) is 18.8 Å². The van der Waals surface area contributed by atoms with Gasteiger partial charge >= 0.3 is 16.4 Å². The number of nitrogens with zero attached hydrogens (tertiary/aromatic N) is 3. The van der Waals surface area contributed by atoms with Crippen molar-refractivity contribution in [3.63, 3.8) is 0 Å². The number of carbonyl (C=O) groups is 3. The molecule has 0 bridgehead atoms. The molecule has 1 aliphatic carbocycles. The summed E-state index contributed by atoms with van der Waals surface area (Å²) in [7, 11) is -5.11. The molecule has 1 saturated carbocycles. The van der Waals surface area contributed by atoms with Crippen LogP contribution in [0.25, 0.3) is 10.4 Å². The summed E-state index contributed by atoms with van der Waals surface area (Å²) in [6.07, 6.45) is -15.5. The van der Waals surface area contributed by atoms with Crippen LogP contribution in [0.15, 0.2) is 84.0 Å². The van der Waals surface area contributed by atoms with E-state index in [1.807, 2.05) is 0 Å². The van der Waals surface area contributed by atoms with Crippen LogP contribution >= 0.6 is 0 Å². The van der Waals surface area contributed by atoms with Gasteiger partial charge in [0, 0.05) is 29.5 Å². The highest BCUT2D eigenvalue weighted by atomic mass is 32.3. The van der Waals surface area contributed by atoms with E-state index in [0.717, 1.165) is 12.1 Å². The lowest BCUT2D eigenvalue weighted by Crippen LogP contribution is -2.67. The molecule has 29 heteroatoms. The molecule has 3 heterocycles. The number of azide groups is 1. The first-order chi connectivity index (χ1) is 37.6. The second-order valence-electron chi connectivity index (χ2n) is 17.7. The van der Waals surface area contributed by atoms with E-state index in [1.54, 1.807) is 18.2 Å². The summed E-state index contributed by atoms with van der Waals surface area (Å²) in [4.78, 5) is 43.1. The maximum absolute atomic E-state index is 13.9. The molecule has 78 heavy (non-hydrogen) atoms. The van der Waals surface area contributed by atoms with Crippen molar-refractivity contribution in [2.45, 2.75) is 73.7 Å². The molecule has 3 aliphatic heterocycles. The smallest absolute Gasteiger partial charge is 0.484 e.